The van der Waals surface area contributed by atoms with Crippen LogP contribution >= 0.6 is 0 Å². The van der Waals surface area contributed by atoms with Gasteiger partial charge in [0, 0.05) is 17.7 Å². The first-order chi connectivity index (χ1) is 16.0. The summed E-state index contributed by atoms with van der Waals surface area (Å²) in [4.78, 5) is 12.8. The summed E-state index contributed by atoms with van der Waals surface area (Å²) in [6.45, 7) is 0. The number of rotatable bonds is 7. The van der Waals surface area contributed by atoms with Gasteiger partial charge in [-0.05, 0) is 41.5 Å². The number of fused-ring (bicyclic) bond motifs is 1. The summed E-state index contributed by atoms with van der Waals surface area (Å²) in [5.41, 5.74) is 2.91. The van der Waals surface area contributed by atoms with Crippen molar-refractivity contribution in [3.8, 4) is 28.7 Å². The van der Waals surface area contributed by atoms with Crippen molar-refractivity contribution < 1.29 is 33.2 Å². The van der Waals surface area contributed by atoms with E-state index in [0.717, 1.165) is 22.4 Å². The van der Waals surface area contributed by atoms with Crippen molar-refractivity contribution in [2.45, 2.75) is 12.0 Å². The number of hydrogen-bond acceptors (Lipinski definition) is 7. The summed E-state index contributed by atoms with van der Waals surface area (Å²) in [6, 6.07) is 16.8. The zero-order valence-corrected chi connectivity index (χ0v) is 19.2. The summed E-state index contributed by atoms with van der Waals surface area (Å²) in [6.07, 6.45) is -0.418. The quantitative estimate of drug-likeness (QED) is 0.480. The highest BCUT2D eigenvalue weighted by Crippen LogP contribution is 2.53. The van der Waals surface area contributed by atoms with Gasteiger partial charge < -0.3 is 28.4 Å². The lowest BCUT2D eigenvalue weighted by Gasteiger charge is -2.22. The summed E-state index contributed by atoms with van der Waals surface area (Å²) in [5.74, 6) is 2.28. The first kappa shape index (κ1) is 22.3. The molecule has 0 unspecified atom stereocenters. The highest BCUT2D eigenvalue weighted by Gasteiger charge is 2.41. The van der Waals surface area contributed by atoms with Crippen molar-refractivity contribution in [1.82, 2.24) is 0 Å². The largest absolute Gasteiger partial charge is 0.497 e. The van der Waals surface area contributed by atoms with Crippen molar-refractivity contribution in [3.05, 3.63) is 76.9 Å². The summed E-state index contributed by atoms with van der Waals surface area (Å²) in [7, 11) is 7.72. The minimum Gasteiger partial charge on any atom is -0.497 e. The van der Waals surface area contributed by atoms with Gasteiger partial charge in [0.25, 0.3) is 0 Å². The highest BCUT2D eigenvalue weighted by molar-refractivity contribution is 5.93. The number of benzene rings is 3. The number of ether oxygens (including phenoxy) is 6. The van der Waals surface area contributed by atoms with Gasteiger partial charge in [0.15, 0.2) is 0 Å². The van der Waals surface area contributed by atoms with Gasteiger partial charge in [-0.1, -0.05) is 12.1 Å². The van der Waals surface area contributed by atoms with Crippen molar-refractivity contribution in [2.75, 3.05) is 35.5 Å². The van der Waals surface area contributed by atoms with Gasteiger partial charge >= 0.3 is 5.97 Å². The summed E-state index contributed by atoms with van der Waals surface area (Å²) < 4.78 is 33.3. The van der Waals surface area contributed by atoms with Crippen LogP contribution in [-0.2, 0) is 4.74 Å². The Morgan fingerprint density at radius 3 is 1.82 bits per heavy atom. The van der Waals surface area contributed by atoms with Crippen molar-refractivity contribution in [2.24, 2.45) is 0 Å². The average molecular weight is 450 g/mol. The Bertz CT molecular complexity index is 1130. The topological polar surface area (TPSA) is 72.5 Å². The molecule has 0 spiro atoms. The zero-order valence-electron chi connectivity index (χ0n) is 19.2. The number of carbonyl (C=O) groups excluding carboxylic acids is 1. The number of hydrogen-bond donors (Lipinski definition) is 0. The lowest BCUT2D eigenvalue weighted by Crippen LogP contribution is -2.14. The van der Waals surface area contributed by atoms with Crippen LogP contribution in [0.4, 0.5) is 0 Å². The molecule has 33 heavy (non-hydrogen) atoms. The number of methoxy groups -OCH3 is 5. The minimum atomic E-state index is -0.469. The Hall–Kier alpha value is -3.87. The second-order valence-electron chi connectivity index (χ2n) is 7.51. The Morgan fingerprint density at radius 1 is 0.697 bits per heavy atom. The van der Waals surface area contributed by atoms with E-state index < -0.39 is 12.1 Å². The van der Waals surface area contributed by atoms with Crippen LogP contribution in [0.2, 0.25) is 0 Å². The molecule has 0 saturated heterocycles. The second kappa shape index (κ2) is 9.32. The van der Waals surface area contributed by atoms with Crippen LogP contribution in [0.15, 0.2) is 54.6 Å². The molecule has 2 atom stereocenters. The third-order valence-electron chi connectivity index (χ3n) is 5.80. The van der Waals surface area contributed by atoms with E-state index in [1.165, 1.54) is 7.11 Å². The first-order valence-corrected chi connectivity index (χ1v) is 10.4. The predicted molar refractivity (Wildman–Crippen MR) is 122 cm³/mol. The normalized spacial score (nSPS) is 16.4. The maximum atomic E-state index is 12.8. The van der Waals surface area contributed by atoms with Gasteiger partial charge in [0.2, 0.25) is 0 Å². The third kappa shape index (κ3) is 4.14. The molecule has 0 bridgehead atoms. The van der Waals surface area contributed by atoms with E-state index in [2.05, 4.69) is 0 Å². The molecule has 7 heteroatoms. The molecule has 3 aromatic carbocycles. The first-order valence-electron chi connectivity index (χ1n) is 10.4. The van der Waals surface area contributed by atoms with E-state index in [4.69, 9.17) is 28.4 Å². The van der Waals surface area contributed by atoms with Gasteiger partial charge in [-0.25, -0.2) is 4.79 Å². The van der Waals surface area contributed by atoms with Crippen molar-refractivity contribution in [1.29, 1.82) is 0 Å². The second-order valence-corrected chi connectivity index (χ2v) is 7.51. The van der Waals surface area contributed by atoms with Gasteiger partial charge in [-0.15, -0.1) is 0 Å². The van der Waals surface area contributed by atoms with E-state index in [-0.39, 0.29) is 5.92 Å². The van der Waals surface area contributed by atoms with Crippen LogP contribution in [0.3, 0.4) is 0 Å². The SMILES string of the molecule is COC(=O)c1cc(OC)cc2c1[C@H](c1cc(OC)cc(OC)c1)[C@@H](c1ccc(OC)cc1)O2. The summed E-state index contributed by atoms with van der Waals surface area (Å²) in [5, 5.41) is 0. The Balaban J connectivity index is 1.95. The smallest absolute Gasteiger partial charge is 0.338 e. The standard InChI is InChI=1S/C26H26O7/c1-28-17-8-6-15(7-9-17)25-23(16-10-18(29-2)12-19(11-16)30-3)24-21(26(27)32-5)13-20(31-4)14-22(24)33-25/h6-14,23,25H,1-5H3/t23-,25+/m0/s1. The van der Waals surface area contributed by atoms with Gasteiger partial charge in [0.1, 0.15) is 34.9 Å². The van der Waals surface area contributed by atoms with Gasteiger partial charge in [0.05, 0.1) is 47.0 Å². The molecule has 0 aromatic heterocycles. The van der Waals surface area contributed by atoms with Gasteiger partial charge in [-0.2, -0.15) is 0 Å². The van der Waals surface area contributed by atoms with Crippen LogP contribution in [0.25, 0.3) is 0 Å². The van der Waals surface area contributed by atoms with Gasteiger partial charge in [-0.3, -0.25) is 0 Å². The van der Waals surface area contributed by atoms with Crippen molar-refractivity contribution >= 4 is 5.97 Å². The molecule has 3 aromatic rings. The minimum absolute atomic E-state index is 0.336. The Morgan fingerprint density at radius 2 is 1.27 bits per heavy atom. The molecule has 0 amide bonds. The number of esters is 1. The Kier molecular flexibility index (Phi) is 6.31. The van der Waals surface area contributed by atoms with Crippen LogP contribution in [0.5, 0.6) is 28.7 Å². The molecule has 172 valence electrons. The fraction of sp³-hybridized carbons (Fsp3) is 0.269. The molecule has 0 radical (unpaired) electrons. The maximum absolute atomic E-state index is 12.8. The van der Waals surface area contributed by atoms with E-state index >= 15 is 0 Å². The molecule has 1 aliphatic rings. The highest BCUT2D eigenvalue weighted by atomic mass is 16.5. The Labute approximate surface area is 192 Å². The fourth-order valence-electron chi connectivity index (χ4n) is 4.18. The third-order valence-corrected chi connectivity index (χ3v) is 5.80. The van der Waals surface area contributed by atoms with Crippen LogP contribution < -0.4 is 23.7 Å². The fourth-order valence-corrected chi connectivity index (χ4v) is 4.18. The lowest BCUT2D eigenvalue weighted by molar-refractivity contribution is 0.0599. The molecule has 0 aliphatic carbocycles. The van der Waals surface area contributed by atoms with Crippen LogP contribution in [0, 0.1) is 0 Å². The predicted octanol–water partition coefficient (Wildman–Crippen LogP) is 4.77. The van der Waals surface area contributed by atoms with E-state index in [1.54, 1.807) is 46.6 Å². The lowest BCUT2D eigenvalue weighted by atomic mass is 9.82. The van der Waals surface area contributed by atoms with Crippen LogP contribution in [-0.4, -0.2) is 41.5 Å². The maximum Gasteiger partial charge on any atom is 0.338 e. The molecule has 7 nitrogen and oxygen atoms in total. The molecule has 1 heterocycles. The van der Waals surface area contributed by atoms with E-state index in [0.29, 0.717) is 28.6 Å². The van der Waals surface area contributed by atoms with Crippen molar-refractivity contribution in [3.63, 3.8) is 0 Å². The zero-order chi connectivity index (χ0) is 23.5. The summed E-state index contributed by atoms with van der Waals surface area (Å²) >= 11 is 0. The molecule has 0 fully saturated rings. The van der Waals surface area contributed by atoms with E-state index in [9.17, 15) is 4.79 Å². The molecule has 4 rings (SSSR count). The molecular weight excluding hydrogens is 424 g/mol. The number of carbonyl (C=O) groups is 1. The molecule has 0 N–H and O–H groups in total. The van der Waals surface area contributed by atoms with Crippen LogP contribution in [0.1, 0.15) is 39.1 Å². The average Bonchev–Trinajstić information content (AvgIpc) is 3.26. The molecule has 1 aliphatic heterocycles. The molecular formula is C26H26O7. The monoisotopic (exact) mass is 450 g/mol. The molecule has 0 saturated carbocycles. The van der Waals surface area contributed by atoms with E-state index in [1.807, 2.05) is 36.4 Å².